The average Bonchev–Trinajstić information content (AvgIpc) is 3.04. The Morgan fingerprint density at radius 3 is 2.82 bits per heavy atom. The third-order valence-electron chi connectivity index (χ3n) is 3.57. The molecule has 0 spiro atoms. The molecular weight excluding hydrogens is 338 g/mol. The molecule has 1 N–H and O–H groups in total. The Bertz CT molecular complexity index is 581. The molecule has 0 unspecified atom stereocenters. The molecular formula is C15H23NO3S3. The lowest BCUT2D eigenvalue weighted by Crippen LogP contribution is -2.31. The van der Waals surface area contributed by atoms with E-state index in [1.807, 2.05) is 11.4 Å². The topological polar surface area (TPSA) is 63.2 Å². The normalized spacial score (nSPS) is 21.9. The fraction of sp³-hybridized carbons (Fsp3) is 0.667. The van der Waals surface area contributed by atoms with Gasteiger partial charge in [0.05, 0.1) is 23.3 Å². The molecule has 0 bridgehead atoms. The van der Waals surface area contributed by atoms with Crippen molar-refractivity contribution in [1.82, 2.24) is 5.32 Å². The molecule has 1 aromatic rings. The summed E-state index contributed by atoms with van der Waals surface area (Å²) >= 11 is 3.12. The number of nitrogens with one attached hydrogen (secondary N) is 1. The highest BCUT2D eigenvalue weighted by Gasteiger charge is 2.28. The summed E-state index contributed by atoms with van der Waals surface area (Å²) in [6.07, 6.45) is 1.58. The van der Waals surface area contributed by atoms with Crippen LogP contribution in [0.4, 0.5) is 0 Å². The van der Waals surface area contributed by atoms with Gasteiger partial charge in [-0.05, 0) is 30.2 Å². The van der Waals surface area contributed by atoms with Gasteiger partial charge in [-0.2, -0.15) is 0 Å². The zero-order valence-electron chi connectivity index (χ0n) is 12.9. The predicted molar refractivity (Wildman–Crippen MR) is 94.2 cm³/mol. The van der Waals surface area contributed by atoms with Crippen molar-refractivity contribution in [1.29, 1.82) is 0 Å². The van der Waals surface area contributed by atoms with Crippen molar-refractivity contribution in [3.8, 4) is 0 Å². The molecule has 22 heavy (non-hydrogen) atoms. The maximum Gasteiger partial charge on any atom is 0.230 e. The van der Waals surface area contributed by atoms with Gasteiger partial charge in [0, 0.05) is 10.1 Å². The zero-order valence-corrected chi connectivity index (χ0v) is 15.4. The molecule has 1 amide bonds. The highest BCUT2D eigenvalue weighted by Crippen LogP contribution is 2.27. The van der Waals surface area contributed by atoms with Crippen molar-refractivity contribution in [3.05, 3.63) is 22.4 Å². The van der Waals surface area contributed by atoms with Crippen LogP contribution in [0.1, 0.15) is 37.6 Å². The SMILES string of the molecule is CC(C)C[C@H](NC(=O)CS[C@@H]1CCS(=O)(=O)C1)c1cccs1. The van der Waals surface area contributed by atoms with Gasteiger partial charge in [0.15, 0.2) is 9.84 Å². The van der Waals surface area contributed by atoms with Gasteiger partial charge in [-0.1, -0.05) is 19.9 Å². The van der Waals surface area contributed by atoms with E-state index < -0.39 is 9.84 Å². The molecule has 0 aliphatic carbocycles. The third kappa shape index (κ3) is 5.59. The van der Waals surface area contributed by atoms with Crippen LogP contribution in [0.15, 0.2) is 17.5 Å². The Morgan fingerprint density at radius 1 is 1.50 bits per heavy atom. The number of carbonyl (C=O) groups excluding carboxylic acids is 1. The van der Waals surface area contributed by atoms with Gasteiger partial charge in [-0.25, -0.2) is 8.42 Å². The van der Waals surface area contributed by atoms with E-state index in [9.17, 15) is 13.2 Å². The van der Waals surface area contributed by atoms with Crippen molar-refractivity contribution < 1.29 is 13.2 Å². The molecule has 7 heteroatoms. The van der Waals surface area contributed by atoms with Crippen LogP contribution in [0.3, 0.4) is 0 Å². The van der Waals surface area contributed by atoms with E-state index in [4.69, 9.17) is 0 Å². The fourth-order valence-electron chi connectivity index (χ4n) is 2.53. The smallest absolute Gasteiger partial charge is 0.230 e. The number of sulfone groups is 1. The van der Waals surface area contributed by atoms with Crippen molar-refractivity contribution in [2.24, 2.45) is 5.92 Å². The summed E-state index contributed by atoms with van der Waals surface area (Å²) in [6.45, 7) is 4.29. The highest BCUT2D eigenvalue weighted by molar-refractivity contribution is 8.02. The van der Waals surface area contributed by atoms with E-state index in [0.717, 1.165) is 6.42 Å². The minimum absolute atomic E-state index is 0.00616. The lowest BCUT2D eigenvalue weighted by atomic mass is 10.0. The second-order valence-electron chi connectivity index (χ2n) is 6.10. The fourth-order valence-corrected chi connectivity index (χ4v) is 6.77. The maximum atomic E-state index is 12.2. The molecule has 2 atom stereocenters. The Balaban J connectivity index is 1.83. The monoisotopic (exact) mass is 361 g/mol. The number of thiophene rings is 1. The standard InChI is InChI=1S/C15H23NO3S3/c1-11(2)8-13(14-4-3-6-20-14)16-15(17)9-21-12-5-7-22(18,19)10-12/h3-4,6,11-13H,5,7-10H2,1-2H3,(H,16,17)/t12-,13+/m1/s1. The Kier molecular flexibility index (Phi) is 6.35. The van der Waals surface area contributed by atoms with Crippen LogP contribution in [-0.2, 0) is 14.6 Å². The van der Waals surface area contributed by atoms with E-state index in [1.165, 1.54) is 16.6 Å². The minimum atomic E-state index is -2.87. The number of amides is 1. The average molecular weight is 362 g/mol. The summed E-state index contributed by atoms with van der Waals surface area (Å²) in [5.74, 6) is 1.30. The number of hydrogen-bond acceptors (Lipinski definition) is 5. The van der Waals surface area contributed by atoms with Gasteiger partial charge in [-0.3, -0.25) is 4.79 Å². The molecule has 4 nitrogen and oxygen atoms in total. The first-order chi connectivity index (χ1) is 10.4. The van der Waals surface area contributed by atoms with Crippen LogP contribution in [0.5, 0.6) is 0 Å². The van der Waals surface area contributed by atoms with E-state index in [1.54, 1.807) is 11.3 Å². The van der Waals surface area contributed by atoms with Crippen LogP contribution in [0.2, 0.25) is 0 Å². The molecule has 124 valence electrons. The van der Waals surface area contributed by atoms with E-state index in [-0.39, 0.29) is 28.7 Å². The molecule has 1 aliphatic heterocycles. The van der Waals surface area contributed by atoms with E-state index in [0.29, 0.717) is 18.1 Å². The summed E-state index contributed by atoms with van der Waals surface area (Å²) < 4.78 is 22.9. The first-order valence-corrected chi connectivity index (χ1v) is 11.3. The van der Waals surface area contributed by atoms with Crippen LogP contribution in [-0.4, -0.2) is 36.8 Å². The first kappa shape index (κ1) is 17.8. The third-order valence-corrected chi connectivity index (χ3v) is 7.84. The predicted octanol–water partition coefficient (Wildman–Crippen LogP) is 2.87. The number of hydrogen-bond donors (Lipinski definition) is 1. The molecule has 1 fully saturated rings. The van der Waals surface area contributed by atoms with Gasteiger partial charge in [0.1, 0.15) is 0 Å². The minimum Gasteiger partial charge on any atom is -0.348 e. The molecule has 1 aromatic heterocycles. The van der Waals surface area contributed by atoms with Crippen molar-refractivity contribution >= 4 is 38.8 Å². The lowest BCUT2D eigenvalue weighted by molar-refractivity contribution is -0.119. The summed E-state index contributed by atoms with van der Waals surface area (Å²) in [5, 5.41) is 5.19. The second kappa shape index (κ2) is 7.84. The molecule has 0 aromatic carbocycles. The number of rotatable bonds is 7. The zero-order chi connectivity index (χ0) is 16.2. The van der Waals surface area contributed by atoms with Crippen LogP contribution in [0.25, 0.3) is 0 Å². The molecule has 0 radical (unpaired) electrons. The Hall–Kier alpha value is -0.530. The van der Waals surface area contributed by atoms with Gasteiger partial charge >= 0.3 is 0 Å². The quantitative estimate of drug-likeness (QED) is 0.811. The Morgan fingerprint density at radius 2 is 2.27 bits per heavy atom. The first-order valence-electron chi connectivity index (χ1n) is 7.50. The van der Waals surface area contributed by atoms with E-state index in [2.05, 4.69) is 25.2 Å². The molecule has 2 rings (SSSR count). The number of carbonyl (C=O) groups is 1. The van der Waals surface area contributed by atoms with Gasteiger partial charge in [0.25, 0.3) is 0 Å². The van der Waals surface area contributed by atoms with Crippen LogP contribution in [0, 0.1) is 5.92 Å². The maximum absolute atomic E-state index is 12.2. The molecule has 2 heterocycles. The van der Waals surface area contributed by atoms with Crippen LogP contribution < -0.4 is 5.32 Å². The van der Waals surface area contributed by atoms with Crippen LogP contribution >= 0.6 is 23.1 Å². The van der Waals surface area contributed by atoms with Crippen molar-refractivity contribution in [2.45, 2.75) is 38.0 Å². The second-order valence-corrected chi connectivity index (χ2v) is 10.6. The summed E-state index contributed by atoms with van der Waals surface area (Å²) in [4.78, 5) is 13.3. The summed E-state index contributed by atoms with van der Waals surface area (Å²) in [7, 11) is -2.87. The van der Waals surface area contributed by atoms with E-state index >= 15 is 0 Å². The van der Waals surface area contributed by atoms with Gasteiger partial charge < -0.3 is 5.32 Å². The van der Waals surface area contributed by atoms with Gasteiger partial charge in [0.2, 0.25) is 5.91 Å². The summed E-state index contributed by atoms with van der Waals surface area (Å²) in [6, 6.07) is 4.10. The Labute approximate surface area is 141 Å². The van der Waals surface area contributed by atoms with Crippen molar-refractivity contribution in [2.75, 3.05) is 17.3 Å². The van der Waals surface area contributed by atoms with Gasteiger partial charge in [-0.15, -0.1) is 23.1 Å². The van der Waals surface area contributed by atoms with Crippen molar-refractivity contribution in [3.63, 3.8) is 0 Å². The number of thioether (sulfide) groups is 1. The highest BCUT2D eigenvalue weighted by atomic mass is 32.2. The lowest BCUT2D eigenvalue weighted by Gasteiger charge is -2.20. The molecule has 1 saturated heterocycles. The summed E-state index contributed by atoms with van der Waals surface area (Å²) in [5.41, 5.74) is 0. The largest absolute Gasteiger partial charge is 0.348 e. The molecule has 0 saturated carbocycles. The molecule has 1 aliphatic rings.